The average molecular weight is 411 g/mol. The van der Waals surface area contributed by atoms with Gasteiger partial charge in [-0.15, -0.1) is 5.10 Å². The molecule has 0 amide bonds. The first-order valence-electron chi connectivity index (χ1n) is 7.53. The van der Waals surface area contributed by atoms with Crippen molar-refractivity contribution in [2.45, 2.75) is 26.3 Å². The molecule has 0 atom stereocenters. The highest BCUT2D eigenvalue weighted by Crippen LogP contribution is 2.25. The molecule has 0 saturated heterocycles. The molecule has 1 aromatic carbocycles. The van der Waals surface area contributed by atoms with Crippen LogP contribution in [0.25, 0.3) is 4.96 Å². The van der Waals surface area contributed by atoms with Crippen LogP contribution in [0.4, 0.5) is 9.52 Å². The summed E-state index contributed by atoms with van der Waals surface area (Å²) in [6.45, 7) is 2.59. The minimum atomic E-state index is -0.285. The number of hydrogen-bond acceptors (Lipinski definition) is 5. The number of halogens is 2. The molecule has 8 heteroatoms. The van der Waals surface area contributed by atoms with Gasteiger partial charge in [0.2, 0.25) is 10.1 Å². The predicted octanol–water partition coefficient (Wildman–Crippen LogP) is 3.64. The SMILES string of the molecule is CCCc1cc(=O)n2nc(N(C)Cc3ccc(F)cc3Br)sc2n1. The molecule has 0 N–H and O–H groups in total. The summed E-state index contributed by atoms with van der Waals surface area (Å²) in [6.07, 6.45) is 1.71. The van der Waals surface area contributed by atoms with Crippen LogP contribution in [-0.2, 0) is 13.0 Å². The van der Waals surface area contributed by atoms with Gasteiger partial charge < -0.3 is 4.90 Å². The van der Waals surface area contributed by atoms with E-state index in [-0.39, 0.29) is 11.4 Å². The molecule has 0 radical (unpaired) electrons. The molecule has 3 rings (SSSR count). The molecule has 126 valence electrons. The molecule has 0 aliphatic rings. The molecule has 0 fully saturated rings. The van der Waals surface area contributed by atoms with E-state index in [0.29, 0.717) is 21.1 Å². The Bertz CT molecular complexity index is 939. The Labute approximate surface area is 150 Å². The lowest BCUT2D eigenvalue weighted by Crippen LogP contribution is -2.19. The van der Waals surface area contributed by atoms with Crippen LogP contribution in [0.2, 0.25) is 0 Å². The summed E-state index contributed by atoms with van der Waals surface area (Å²) in [5.41, 5.74) is 1.56. The first kappa shape index (κ1) is 17.0. The summed E-state index contributed by atoms with van der Waals surface area (Å²) in [5.74, 6) is -0.285. The van der Waals surface area contributed by atoms with Gasteiger partial charge in [0, 0.05) is 29.8 Å². The number of aromatic nitrogens is 3. The molecular formula is C16H16BrFN4OS. The standard InChI is InChI=1S/C16H16BrFN4OS/c1-3-4-12-8-14(23)22-15(19-12)24-16(20-22)21(2)9-10-5-6-11(18)7-13(10)17/h5-8H,3-4,9H2,1-2H3. The minimum absolute atomic E-state index is 0.165. The Morgan fingerprint density at radius 1 is 1.38 bits per heavy atom. The lowest BCUT2D eigenvalue weighted by molar-refractivity contribution is 0.625. The molecule has 0 bridgehead atoms. The Morgan fingerprint density at radius 2 is 2.17 bits per heavy atom. The van der Waals surface area contributed by atoms with Crippen LogP contribution in [0.3, 0.4) is 0 Å². The highest BCUT2D eigenvalue weighted by atomic mass is 79.9. The minimum Gasteiger partial charge on any atom is -0.345 e. The molecule has 2 aromatic heterocycles. The van der Waals surface area contributed by atoms with E-state index in [1.165, 1.54) is 34.1 Å². The smallest absolute Gasteiger partial charge is 0.275 e. The molecule has 2 heterocycles. The van der Waals surface area contributed by atoms with Crippen LogP contribution in [0.15, 0.2) is 33.5 Å². The molecule has 5 nitrogen and oxygen atoms in total. The zero-order valence-corrected chi connectivity index (χ0v) is 15.7. The van der Waals surface area contributed by atoms with Gasteiger partial charge in [0.1, 0.15) is 5.82 Å². The predicted molar refractivity (Wildman–Crippen MR) is 97.3 cm³/mol. The van der Waals surface area contributed by atoms with Gasteiger partial charge in [-0.3, -0.25) is 4.79 Å². The lowest BCUT2D eigenvalue weighted by atomic mass is 10.2. The zero-order chi connectivity index (χ0) is 17.3. The number of hydrogen-bond donors (Lipinski definition) is 0. The van der Waals surface area contributed by atoms with E-state index < -0.39 is 0 Å². The first-order valence-corrected chi connectivity index (χ1v) is 9.13. The maximum atomic E-state index is 13.2. The molecule has 0 spiro atoms. The fourth-order valence-corrected chi connectivity index (χ4v) is 3.72. The third-order valence-corrected chi connectivity index (χ3v) is 5.30. The average Bonchev–Trinajstić information content (AvgIpc) is 2.95. The number of benzene rings is 1. The van der Waals surface area contributed by atoms with Crippen molar-refractivity contribution in [2.75, 3.05) is 11.9 Å². The lowest BCUT2D eigenvalue weighted by Gasteiger charge is -2.16. The summed E-state index contributed by atoms with van der Waals surface area (Å²) in [6, 6.07) is 6.13. The van der Waals surface area contributed by atoms with Crippen LogP contribution in [0.5, 0.6) is 0 Å². The number of nitrogens with zero attached hydrogens (tertiary/aromatic N) is 4. The second-order valence-corrected chi connectivity index (χ2v) is 7.30. The van der Waals surface area contributed by atoms with Crippen LogP contribution >= 0.6 is 27.3 Å². The van der Waals surface area contributed by atoms with E-state index in [1.54, 1.807) is 6.07 Å². The molecule has 0 aliphatic heterocycles. The Balaban J connectivity index is 1.91. The fourth-order valence-electron chi connectivity index (χ4n) is 2.36. The van der Waals surface area contributed by atoms with Crippen molar-refractivity contribution >= 4 is 37.4 Å². The first-order chi connectivity index (χ1) is 11.5. The van der Waals surface area contributed by atoms with Gasteiger partial charge in [0.25, 0.3) is 5.56 Å². The van der Waals surface area contributed by atoms with Gasteiger partial charge in [-0.05, 0) is 24.1 Å². The number of rotatable bonds is 5. The van der Waals surface area contributed by atoms with Crippen LogP contribution in [0.1, 0.15) is 24.6 Å². The maximum Gasteiger partial charge on any atom is 0.275 e. The molecule has 0 aliphatic carbocycles. The summed E-state index contributed by atoms with van der Waals surface area (Å²) in [4.78, 5) is 19.2. The summed E-state index contributed by atoms with van der Waals surface area (Å²) < 4.78 is 15.2. The van der Waals surface area contributed by atoms with Crippen molar-refractivity contribution < 1.29 is 4.39 Å². The van der Waals surface area contributed by atoms with Crippen LogP contribution in [0, 0.1) is 5.82 Å². The van der Waals surface area contributed by atoms with Gasteiger partial charge >= 0.3 is 0 Å². The summed E-state index contributed by atoms with van der Waals surface area (Å²) in [7, 11) is 1.88. The van der Waals surface area contributed by atoms with Gasteiger partial charge in [0.15, 0.2) is 0 Å². The van der Waals surface area contributed by atoms with Crippen molar-refractivity contribution in [3.63, 3.8) is 0 Å². The quantitative estimate of drug-likeness (QED) is 0.644. The monoisotopic (exact) mass is 410 g/mol. The zero-order valence-electron chi connectivity index (χ0n) is 13.3. The Kier molecular flexibility index (Phi) is 4.96. The third-order valence-electron chi connectivity index (χ3n) is 3.54. The van der Waals surface area contributed by atoms with Gasteiger partial charge in [-0.2, -0.15) is 4.52 Å². The summed E-state index contributed by atoms with van der Waals surface area (Å²) >= 11 is 4.74. The van der Waals surface area contributed by atoms with Crippen molar-refractivity contribution in [2.24, 2.45) is 0 Å². The fraction of sp³-hybridized carbons (Fsp3) is 0.312. The number of anilines is 1. The number of aryl methyl sites for hydroxylation is 1. The molecule has 24 heavy (non-hydrogen) atoms. The van der Waals surface area contributed by atoms with Gasteiger partial charge in [-0.25, -0.2) is 9.37 Å². The largest absolute Gasteiger partial charge is 0.345 e. The topological polar surface area (TPSA) is 50.5 Å². The summed E-state index contributed by atoms with van der Waals surface area (Å²) in [5, 5.41) is 5.04. The molecule has 3 aromatic rings. The maximum absolute atomic E-state index is 13.2. The third kappa shape index (κ3) is 3.49. The second-order valence-electron chi connectivity index (χ2n) is 5.51. The Morgan fingerprint density at radius 3 is 2.88 bits per heavy atom. The molecular weight excluding hydrogens is 395 g/mol. The van der Waals surface area contributed by atoms with E-state index in [0.717, 1.165) is 24.1 Å². The van der Waals surface area contributed by atoms with Crippen LogP contribution in [-0.4, -0.2) is 21.6 Å². The van der Waals surface area contributed by atoms with E-state index in [2.05, 4.69) is 32.9 Å². The molecule has 0 unspecified atom stereocenters. The van der Waals surface area contributed by atoms with E-state index in [1.807, 2.05) is 11.9 Å². The Hall–Kier alpha value is -1.80. The molecule has 0 saturated carbocycles. The van der Waals surface area contributed by atoms with E-state index in [4.69, 9.17) is 0 Å². The highest BCUT2D eigenvalue weighted by molar-refractivity contribution is 9.10. The normalized spacial score (nSPS) is 11.2. The van der Waals surface area contributed by atoms with E-state index in [9.17, 15) is 9.18 Å². The van der Waals surface area contributed by atoms with Crippen LogP contribution < -0.4 is 10.5 Å². The van der Waals surface area contributed by atoms with Gasteiger partial charge in [-0.1, -0.05) is 46.7 Å². The number of fused-ring (bicyclic) bond motifs is 1. The van der Waals surface area contributed by atoms with Gasteiger partial charge in [0.05, 0.1) is 0 Å². The van der Waals surface area contributed by atoms with E-state index >= 15 is 0 Å². The highest BCUT2D eigenvalue weighted by Gasteiger charge is 2.13. The second kappa shape index (κ2) is 6.98. The van der Waals surface area contributed by atoms with Crippen molar-refractivity contribution in [1.29, 1.82) is 0 Å². The van der Waals surface area contributed by atoms with Crippen molar-refractivity contribution in [3.05, 3.63) is 56.2 Å². The van der Waals surface area contributed by atoms with Crippen molar-refractivity contribution in [3.8, 4) is 0 Å². The van der Waals surface area contributed by atoms with Crippen molar-refractivity contribution in [1.82, 2.24) is 14.6 Å².